The molecule has 3 heterocycles. The molecule has 0 saturated carbocycles. The zero-order chi connectivity index (χ0) is 35.5. The van der Waals surface area contributed by atoms with Crippen LogP contribution in [-0.4, -0.2) is 48.4 Å². The van der Waals surface area contributed by atoms with E-state index in [9.17, 15) is 4.79 Å². The Hall–Kier alpha value is -4.00. The van der Waals surface area contributed by atoms with Crippen LogP contribution in [0.5, 0.6) is 11.5 Å². The molecular weight excluding hydrogens is 684 g/mol. The van der Waals surface area contributed by atoms with Gasteiger partial charge in [0.25, 0.3) is 0 Å². The van der Waals surface area contributed by atoms with Crippen LogP contribution in [0, 0.1) is 5.82 Å². The highest BCUT2D eigenvalue weighted by Crippen LogP contribution is 2.41. The van der Waals surface area contributed by atoms with Crippen LogP contribution in [0.3, 0.4) is 0 Å². The first-order valence-electron chi connectivity index (χ1n) is 16.8. The van der Waals surface area contributed by atoms with E-state index in [2.05, 4.69) is 78.6 Å². The number of thiocarbonyl (C=S) groups is 1. The smallest absolute Gasteiger partial charge is 0.230 e. The van der Waals surface area contributed by atoms with Crippen molar-refractivity contribution in [2.45, 2.75) is 64.4 Å². The monoisotopic (exact) mass is 726 g/mol. The Morgan fingerprint density at radius 1 is 1.02 bits per heavy atom. The lowest BCUT2D eigenvalue weighted by Gasteiger charge is -2.38. The molecule has 1 aliphatic rings. The van der Waals surface area contributed by atoms with Crippen molar-refractivity contribution < 1.29 is 18.3 Å². The van der Waals surface area contributed by atoms with Gasteiger partial charge >= 0.3 is 0 Å². The van der Waals surface area contributed by atoms with Crippen molar-refractivity contribution in [2.24, 2.45) is 0 Å². The molecule has 1 aliphatic heterocycles. The van der Waals surface area contributed by atoms with E-state index in [4.69, 9.17) is 21.4 Å². The summed E-state index contributed by atoms with van der Waals surface area (Å²) >= 11 is 6.83. The Bertz CT molecular complexity index is 1980. The third-order valence-corrected chi connectivity index (χ3v) is 15.3. The SMILES string of the molecule is CC(C)(C)[Si](C)(C)OC1CCN(Cc2ccc(-c3cc4nccc(Oc5ccc(NC(=S)NC(=O)Cc6ccccc6)cc5F)c4s3)cc2)C1. The quantitative estimate of drug-likeness (QED) is 0.110. The number of hydrogen-bond donors (Lipinski definition) is 2. The fourth-order valence-electron chi connectivity index (χ4n) is 5.69. The Balaban J connectivity index is 1.06. The van der Waals surface area contributed by atoms with Gasteiger partial charge in [0.15, 0.2) is 25.0 Å². The van der Waals surface area contributed by atoms with E-state index in [1.165, 1.54) is 17.7 Å². The van der Waals surface area contributed by atoms with E-state index in [1.54, 1.807) is 29.7 Å². The first-order chi connectivity index (χ1) is 23.8. The van der Waals surface area contributed by atoms with Gasteiger partial charge in [0.1, 0.15) is 5.75 Å². The van der Waals surface area contributed by atoms with Crippen LogP contribution in [-0.2, 0) is 22.2 Å². The summed E-state index contributed by atoms with van der Waals surface area (Å²) in [5, 5.41) is 5.81. The minimum atomic E-state index is -1.78. The van der Waals surface area contributed by atoms with E-state index in [0.717, 1.165) is 52.3 Å². The molecule has 260 valence electrons. The highest BCUT2D eigenvalue weighted by Gasteiger charge is 2.40. The normalized spacial score (nSPS) is 15.3. The summed E-state index contributed by atoms with van der Waals surface area (Å²) in [6, 6.07) is 26.3. The van der Waals surface area contributed by atoms with Gasteiger partial charge in [-0.25, -0.2) is 4.39 Å². The average molecular weight is 727 g/mol. The minimum absolute atomic E-state index is 0.0697. The van der Waals surface area contributed by atoms with Crippen LogP contribution in [0.2, 0.25) is 18.1 Å². The molecule has 50 heavy (non-hydrogen) atoms. The third kappa shape index (κ3) is 8.83. The van der Waals surface area contributed by atoms with Gasteiger partial charge in [-0.1, -0.05) is 75.4 Å². The number of ether oxygens (including phenoxy) is 1. The molecule has 1 unspecified atom stereocenters. The van der Waals surface area contributed by atoms with Gasteiger partial charge in [0.05, 0.1) is 22.7 Å². The van der Waals surface area contributed by atoms with Gasteiger partial charge < -0.3 is 19.8 Å². The van der Waals surface area contributed by atoms with Crippen LogP contribution >= 0.6 is 23.6 Å². The topological polar surface area (TPSA) is 75.7 Å². The van der Waals surface area contributed by atoms with E-state index >= 15 is 4.39 Å². The zero-order valence-corrected chi connectivity index (χ0v) is 31.7. The van der Waals surface area contributed by atoms with Crippen molar-refractivity contribution >= 4 is 58.8 Å². The molecule has 0 aliphatic carbocycles. The number of fused-ring (bicyclic) bond motifs is 1. The molecule has 5 aromatic rings. The van der Waals surface area contributed by atoms with Gasteiger partial charge in [-0.3, -0.25) is 14.7 Å². The number of nitrogens with one attached hydrogen (secondary N) is 2. The van der Waals surface area contributed by atoms with Crippen LogP contribution < -0.4 is 15.4 Å². The number of anilines is 1. The van der Waals surface area contributed by atoms with E-state index in [-0.39, 0.29) is 28.2 Å². The number of benzene rings is 3. The van der Waals surface area contributed by atoms with Crippen LogP contribution in [0.1, 0.15) is 38.3 Å². The molecule has 0 bridgehead atoms. The number of likely N-dealkylation sites (tertiary alicyclic amines) is 1. The van der Waals surface area contributed by atoms with Crippen LogP contribution in [0.25, 0.3) is 20.7 Å². The number of pyridine rings is 1. The van der Waals surface area contributed by atoms with E-state index in [1.807, 2.05) is 36.4 Å². The maximum atomic E-state index is 15.2. The molecule has 3 aromatic carbocycles. The Morgan fingerprint density at radius 3 is 2.50 bits per heavy atom. The highest BCUT2D eigenvalue weighted by atomic mass is 32.1. The molecule has 0 radical (unpaired) electrons. The number of amides is 1. The summed E-state index contributed by atoms with van der Waals surface area (Å²) in [4.78, 5) is 20.4. The molecule has 2 aromatic heterocycles. The number of aromatic nitrogens is 1. The molecule has 11 heteroatoms. The first-order valence-corrected chi connectivity index (χ1v) is 21.0. The van der Waals surface area contributed by atoms with Crippen molar-refractivity contribution in [2.75, 3.05) is 18.4 Å². The number of carbonyl (C=O) groups excluding carboxylic acids is 1. The summed E-state index contributed by atoms with van der Waals surface area (Å²) in [5.41, 5.74) is 4.42. The Labute approximate surface area is 304 Å². The maximum Gasteiger partial charge on any atom is 0.230 e. The molecule has 1 atom stereocenters. The average Bonchev–Trinajstić information content (AvgIpc) is 3.69. The summed E-state index contributed by atoms with van der Waals surface area (Å²) in [6.07, 6.45) is 3.24. The predicted molar refractivity (Wildman–Crippen MR) is 208 cm³/mol. The van der Waals surface area contributed by atoms with Crippen molar-refractivity contribution in [1.82, 2.24) is 15.2 Å². The van der Waals surface area contributed by atoms with Crippen LogP contribution in [0.15, 0.2) is 91.1 Å². The number of hydrogen-bond acceptors (Lipinski definition) is 7. The predicted octanol–water partition coefficient (Wildman–Crippen LogP) is 9.55. The van der Waals surface area contributed by atoms with Crippen molar-refractivity contribution in [3.63, 3.8) is 0 Å². The summed E-state index contributed by atoms with van der Waals surface area (Å²) in [7, 11) is -1.78. The number of carbonyl (C=O) groups is 1. The Kier molecular flexibility index (Phi) is 10.8. The van der Waals surface area contributed by atoms with Crippen molar-refractivity contribution in [3.8, 4) is 21.9 Å². The third-order valence-electron chi connectivity index (χ3n) is 9.39. The largest absolute Gasteiger partial charge is 0.453 e. The molecule has 1 saturated heterocycles. The van der Waals surface area contributed by atoms with E-state index in [0.29, 0.717) is 17.5 Å². The highest BCUT2D eigenvalue weighted by molar-refractivity contribution is 7.80. The van der Waals surface area contributed by atoms with Gasteiger partial charge in [0.2, 0.25) is 5.91 Å². The second-order valence-corrected chi connectivity index (χ2v) is 20.5. The van der Waals surface area contributed by atoms with Gasteiger partial charge in [-0.2, -0.15) is 0 Å². The summed E-state index contributed by atoms with van der Waals surface area (Å²) in [5.74, 6) is -0.234. The molecule has 2 N–H and O–H groups in total. The van der Waals surface area contributed by atoms with Gasteiger partial charge in [-0.05, 0) is 71.7 Å². The standard InChI is InChI=1S/C39H43FN4O3S2Si/c1-39(2,3)50(4,5)47-30-18-20-44(25-30)24-27-11-13-28(14-12-27)35-23-32-37(49-35)34(17-19-41-32)46-33-16-15-29(22-31(33)40)42-38(48)43-36(45)21-26-9-7-6-8-10-26/h6-17,19,22-23,30H,18,20-21,24-25H2,1-5H3,(H2,42,43,45,48). The van der Waals surface area contributed by atoms with Gasteiger partial charge in [0, 0.05) is 48.5 Å². The second-order valence-electron chi connectivity index (χ2n) is 14.3. The fourth-order valence-corrected chi connectivity index (χ4v) is 8.38. The summed E-state index contributed by atoms with van der Waals surface area (Å²) < 4.78 is 28.8. The van der Waals surface area contributed by atoms with Crippen molar-refractivity contribution in [3.05, 3.63) is 108 Å². The molecule has 1 amide bonds. The molecule has 1 fully saturated rings. The van der Waals surface area contributed by atoms with Crippen LogP contribution in [0.4, 0.5) is 10.1 Å². The van der Waals surface area contributed by atoms with E-state index < -0.39 is 14.1 Å². The van der Waals surface area contributed by atoms with Gasteiger partial charge in [-0.15, -0.1) is 11.3 Å². The summed E-state index contributed by atoms with van der Waals surface area (Å²) in [6.45, 7) is 14.5. The number of rotatable bonds is 10. The number of nitrogens with zero attached hydrogens (tertiary/aromatic N) is 2. The zero-order valence-electron chi connectivity index (χ0n) is 29.1. The lowest BCUT2D eigenvalue weighted by atomic mass is 10.1. The number of thiophene rings is 1. The first kappa shape index (κ1) is 35.8. The maximum absolute atomic E-state index is 15.2. The molecule has 7 nitrogen and oxygen atoms in total. The minimum Gasteiger partial charge on any atom is -0.453 e. The lowest BCUT2D eigenvalue weighted by molar-refractivity contribution is -0.119. The lowest BCUT2D eigenvalue weighted by Crippen LogP contribution is -2.44. The molecule has 6 rings (SSSR count). The molecular formula is C39H43FN4O3S2Si. The Morgan fingerprint density at radius 2 is 1.78 bits per heavy atom. The second kappa shape index (κ2) is 15.1. The fraction of sp³-hybridized carbons (Fsp3) is 0.308. The molecule has 0 spiro atoms. The van der Waals surface area contributed by atoms with Crippen molar-refractivity contribution in [1.29, 1.82) is 0 Å². The number of halogens is 1.